The number of piperidine rings is 3. The summed E-state index contributed by atoms with van der Waals surface area (Å²) in [4.78, 5) is 28.7. The summed E-state index contributed by atoms with van der Waals surface area (Å²) in [7, 11) is 0. The first kappa shape index (κ1) is 26.9. The topological polar surface area (TPSA) is 76.7 Å². The van der Waals surface area contributed by atoms with Crippen LogP contribution in [0, 0.1) is 11.7 Å². The number of likely N-dealkylation sites (tertiary alicyclic amines) is 1. The minimum atomic E-state index is -1.08. The Labute approximate surface area is 224 Å². The van der Waals surface area contributed by atoms with Crippen molar-refractivity contribution in [2.75, 3.05) is 36.4 Å². The predicted octanol–water partition coefficient (Wildman–Crippen LogP) is 4.11. The van der Waals surface area contributed by atoms with Crippen LogP contribution in [0.1, 0.15) is 64.2 Å². The Hall–Kier alpha value is -2.68. The largest absolute Gasteiger partial charge is 0.374 e. The van der Waals surface area contributed by atoms with Crippen LogP contribution in [0.4, 0.5) is 20.2 Å². The number of allylic oxidation sites excluding steroid dienone is 1. The molecule has 2 amide bonds. The molecule has 3 heterocycles. The molecule has 0 aromatic heterocycles. The summed E-state index contributed by atoms with van der Waals surface area (Å²) in [5.41, 5.74) is 1.62. The molecular formula is C29H41F2N5O2. The third kappa shape index (κ3) is 6.30. The van der Waals surface area contributed by atoms with Crippen molar-refractivity contribution in [3.63, 3.8) is 0 Å². The third-order valence-corrected chi connectivity index (χ3v) is 8.81. The fourth-order valence-electron chi connectivity index (χ4n) is 6.55. The van der Waals surface area contributed by atoms with Gasteiger partial charge in [-0.25, -0.2) is 8.78 Å². The summed E-state index contributed by atoms with van der Waals surface area (Å²) >= 11 is 0. The molecule has 3 atom stereocenters. The maximum atomic E-state index is 15.4. The zero-order chi connectivity index (χ0) is 26.6. The molecule has 0 spiro atoms. The number of benzene rings is 1. The Morgan fingerprint density at radius 1 is 1.03 bits per heavy atom. The normalized spacial score (nSPS) is 28.2. The zero-order valence-electron chi connectivity index (χ0n) is 22.2. The maximum Gasteiger partial charge on any atom is 0.246 e. The quantitative estimate of drug-likeness (QED) is 0.517. The van der Waals surface area contributed by atoms with Gasteiger partial charge in [0.05, 0.1) is 12.2 Å². The molecule has 9 heteroatoms. The van der Waals surface area contributed by atoms with Crippen LogP contribution in [0.5, 0.6) is 0 Å². The van der Waals surface area contributed by atoms with Gasteiger partial charge in [-0.1, -0.05) is 25.8 Å². The number of anilines is 2. The van der Waals surface area contributed by atoms with E-state index < -0.39 is 18.0 Å². The Balaban J connectivity index is 1.10. The number of nitrogens with one attached hydrogen (secondary N) is 3. The van der Waals surface area contributed by atoms with E-state index in [1.54, 1.807) is 17.0 Å². The summed E-state index contributed by atoms with van der Waals surface area (Å²) in [6.45, 7) is 6.07. The van der Waals surface area contributed by atoms with Gasteiger partial charge in [-0.05, 0) is 63.1 Å². The first-order valence-electron chi connectivity index (χ1n) is 14.4. The van der Waals surface area contributed by atoms with Crippen molar-refractivity contribution in [2.24, 2.45) is 5.92 Å². The molecular weight excluding hydrogens is 488 g/mol. The number of carbonyl (C=O) groups excluding carboxylic acids is 2. The number of hydrogen-bond donors (Lipinski definition) is 3. The van der Waals surface area contributed by atoms with Crippen molar-refractivity contribution in [2.45, 2.75) is 88.5 Å². The van der Waals surface area contributed by atoms with Crippen LogP contribution in [0.3, 0.4) is 0 Å². The Morgan fingerprint density at radius 2 is 1.79 bits per heavy atom. The smallest absolute Gasteiger partial charge is 0.246 e. The summed E-state index contributed by atoms with van der Waals surface area (Å²) in [5, 5.41) is 9.07. The summed E-state index contributed by atoms with van der Waals surface area (Å²) in [6.07, 6.45) is 8.07. The predicted molar refractivity (Wildman–Crippen MR) is 145 cm³/mol. The molecule has 1 aliphatic carbocycles. The van der Waals surface area contributed by atoms with Gasteiger partial charge >= 0.3 is 0 Å². The molecule has 0 radical (unpaired) electrons. The molecule has 7 nitrogen and oxygen atoms in total. The highest BCUT2D eigenvalue weighted by Gasteiger charge is 2.36. The number of halogens is 2. The molecule has 38 heavy (non-hydrogen) atoms. The lowest BCUT2D eigenvalue weighted by Gasteiger charge is -2.44. The lowest BCUT2D eigenvalue weighted by atomic mass is 9.88. The number of nitrogens with zero attached hydrogens (tertiary/aromatic N) is 2. The van der Waals surface area contributed by atoms with E-state index in [0.29, 0.717) is 42.9 Å². The second kappa shape index (κ2) is 12.0. The standard InChI is InChI=1S/C29H41F2N5O2/c1-19-7-9-25(29(38)32-19)33-22-8-10-26(23(30)17-22)36-16-13-27(24(31)18-36)35-14-11-21(12-15-35)34-28(37)20-5-3-2-4-6-20/h8,10,17,20-21,24-25,27,33H,1-7,9,11-16,18H2,(H,32,38)(H,34,37). The lowest BCUT2D eigenvalue weighted by Crippen LogP contribution is -2.56. The van der Waals surface area contributed by atoms with Crippen molar-refractivity contribution in [1.82, 2.24) is 15.5 Å². The lowest BCUT2D eigenvalue weighted by molar-refractivity contribution is -0.127. The molecule has 0 bridgehead atoms. The molecule has 5 rings (SSSR count). The van der Waals surface area contributed by atoms with Gasteiger partial charge in [-0.15, -0.1) is 0 Å². The highest BCUT2D eigenvalue weighted by molar-refractivity contribution is 5.87. The van der Waals surface area contributed by atoms with E-state index >= 15 is 8.78 Å². The van der Waals surface area contributed by atoms with Crippen LogP contribution in [-0.4, -0.2) is 67.2 Å². The minimum absolute atomic E-state index is 0.153. The van der Waals surface area contributed by atoms with Crippen molar-refractivity contribution >= 4 is 23.2 Å². The second-order valence-corrected chi connectivity index (χ2v) is 11.5. The van der Waals surface area contributed by atoms with Gasteiger partial charge in [0.15, 0.2) is 0 Å². The van der Waals surface area contributed by atoms with Crippen molar-refractivity contribution in [3.05, 3.63) is 36.3 Å². The van der Waals surface area contributed by atoms with Crippen molar-refractivity contribution in [1.29, 1.82) is 0 Å². The van der Waals surface area contributed by atoms with E-state index in [1.165, 1.54) is 12.5 Å². The van der Waals surface area contributed by atoms with Gasteiger partial charge in [0.1, 0.15) is 18.0 Å². The maximum absolute atomic E-state index is 15.4. The van der Waals surface area contributed by atoms with Crippen molar-refractivity contribution < 1.29 is 18.4 Å². The molecule has 4 fully saturated rings. The first-order valence-corrected chi connectivity index (χ1v) is 14.4. The van der Waals surface area contributed by atoms with Crippen LogP contribution < -0.4 is 20.9 Å². The average Bonchev–Trinajstić information content (AvgIpc) is 2.91. The van der Waals surface area contributed by atoms with Gasteiger partial charge < -0.3 is 20.9 Å². The molecule has 208 valence electrons. The summed E-state index contributed by atoms with van der Waals surface area (Å²) in [6, 6.07) is 4.38. The van der Waals surface area contributed by atoms with Gasteiger partial charge in [-0.3, -0.25) is 14.5 Å². The number of hydrogen-bond acceptors (Lipinski definition) is 5. The molecule has 1 aromatic rings. The van der Waals surface area contributed by atoms with Crippen LogP contribution in [0.25, 0.3) is 0 Å². The highest BCUT2D eigenvalue weighted by atomic mass is 19.1. The monoisotopic (exact) mass is 529 g/mol. The molecule has 1 saturated carbocycles. The van der Waals surface area contributed by atoms with Crippen LogP contribution in [0.2, 0.25) is 0 Å². The minimum Gasteiger partial charge on any atom is -0.374 e. The Bertz CT molecular complexity index is 1020. The number of carbonyl (C=O) groups is 2. The zero-order valence-corrected chi connectivity index (χ0v) is 22.2. The first-order chi connectivity index (χ1) is 18.4. The molecule has 3 aliphatic heterocycles. The Morgan fingerprint density at radius 3 is 2.47 bits per heavy atom. The molecule has 3 saturated heterocycles. The average molecular weight is 530 g/mol. The van der Waals surface area contributed by atoms with Gasteiger partial charge in [0.25, 0.3) is 0 Å². The molecule has 3 unspecified atom stereocenters. The van der Waals surface area contributed by atoms with Gasteiger partial charge in [-0.2, -0.15) is 0 Å². The molecule has 1 aromatic carbocycles. The van der Waals surface area contributed by atoms with Gasteiger partial charge in [0, 0.05) is 49.0 Å². The summed E-state index contributed by atoms with van der Waals surface area (Å²) in [5.74, 6) is -0.214. The molecule has 3 N–H and O–H groups in total. The van der Waals surface area contributed by atoms with Crippen LogP contribution in [-0.2, 0) is 9.59 Å². The third-order valence-electron chi connectivity index (χ3n) is 8.81. The fraction of sp³-hybridized carbons (Fsp3) is 0.655. The van der Waals surface area contributed by atoms with E-state index in [9.17, 15) is 9.59 Å². The van der Waals surface area contributed by atoms with E-state index in [0.717, 1.165) is 51.6 Å². The van der Waals surface area contributed by atoms with Crippen LogP contribution >= 0.6 is 0 Å². The van der Waals surface area contributed by atoms with E-state index in [2.05, 4.69) is 27.4 Å². The number of alkyl halides is 1. The highest BCUT2D eigenvalue weighted by Crippen LogP contribution is 2.31. The van der Waals surface area contributed by atoms with Gasteiger partial charge in [0.2, 0.25) is 11.8 Å². The summed E-state index contributed by atoms with van der Waals surface area (Å²) < 4.78 is 30.4. The van der Waals surface area contributed by atoms with Crippen molar-refractivity contribution in [3.8, 4) is 0 Å². The number of rotatable bonds is 6. The fourth-order valence-corrected chi connectivity index (χ4v) is 6.55. The SMILES string of the molecule is C=C1CCC(Nc2ccc(N3CCC(N4CCC(NC(=O)C5CCCCC5)CC4)C(F)C3)c(F)c2)C(=O)N1. The van der Waals surface area contributed by atoms with E-state index in [1.807, 2.05) is 0 Å². The van der Waals surface area contributed by atoms with E-state index in [-0.39, 0.29) is 36.4 Å². The van der Waals surface area contributed by atoms with E-state index in [4.69, 9.17) is 0 Å². The second-order valence-electron chi connectivity index (χ2n) is 11.5. The Kier molecular flexibility index (Phi) is 8.51. The van der Waals surface area contributed by atoms with Crippen LogP contribution in [0.15, 0.2) is 30.5 Å². The number of amides is 2. The molecule has 4 aliphatic rings.